The van der Waals surface area contributed by atoms with E-state index in [4.69, 9.17) is 4.84 Å². The molecule has 0 N–H and O–H groups in total. The topological polar surface area (TPSA) is 38.7 Å². The van der Waals surface area contributed by atoms with Crippen LogP contribution in [0.1, 0.15) is 31.2 Å². The molecule has 0 radical (unpaired) electrons. The predicted octanol–water partition coefficient (Wildman–Crippen LogP) is 3.06. The minimum absolute atomic E-state index is 0.256. The molecule has 92 valence electrons. The first kappa shape index (κ1) is 11.2. The summed E-state index contributed by atoms with van der Waals surface area (Å²) in [7, 11) is 0. The van der Waals surface area contributed by atoms with E-state index < -0.39 is 0 Å². The van der Waals surface area contributed by atoms with Crippen molar-refractivity contribution in [3.8, 4) is 0 Å². The molecule has 1 saturated carbocycles. The Kier molecular flexibility index (Phi) is 2.97. The smallest absolute Gasteiger partial charge is 0.317 e. The van der Waals surface area contributed by atoms with Crippen molar-refractivity contribution < 1.29 is 9.63 Å². The third-order valence-electron chi connectivity index (χ3n) is 3.50. The second-order valence-corrected chi connectivity index (χ2v) is 4.76. The van der Waals surface area contributed by atoms with Gasteiger partial charge >= 0.3 is 5.97 Å². The lowest BCUT2D eigenvalue weighted by atomic mass is 9.95. The number of hydrogen-bond donors (Lipinski definition) is 0. The first-order valence-electron chi connectivity index (χ1n) is 6.38. The molecule has 2 aliphatic rings. The van der Waals surface area contributed by atoms with E-state index in [1.165, 1.54) is 18.4 Å². The van der Waals surface area contributed by atoms with Gasteiger partial charge in [-0.05, 0) is 25.7 Å². The molecule has 3 heteroatoms. The average molecular weight is 241 g/mol. The molecule has 1 aliphatic heterocycles. The lowest BCUT2D eigenvalue weighted by Crippen LogP contribution is -2.17. The van der Waals surface area contributed by atoms with Crippen molar-refractivity contribution in [1.82, 2.24) is 0 Å². The third kappa shape index (κ3) is 2.08. The molecule has 1 aromatic rings. The number of hydrogen-bond acceptors (Lipinski definition) is 3. The highest BCUT2D eigenvalue weighted by atomic mass is 16.7. The summed E-state index contributed by atoms with van der Waals surface area (Å²) in [5.74, 6) is -0.575. The Morgan fingerprint density at radius 2 is 1.89 bits per heavy atom. The van der Waals surface area contributed by atoms with Crippen LogP contribution in [-0.4, -0.2) is 11.7 Å². The zero-order valence-corrected chi connectivity index (χ0v) is 10.1. The molecular formula is C15H15NO2. The molecule has 3 nitrogen and oxygen atoms in total. The van der Waals surface area contributed by atoms with E-state index in [0.29, 0.717) is 0 Å². The zero-order valence-electron chi connectivity index (χ0n) is 10.1. The Hall–Kier alpha value is -1.90. The summed E-state index contributed by atoms with van der Waals surface area (Å²) < 4.78 is 0. The Balaban J connectivity index is 1.90. The van der Waals surface area contributed by atoms with Crippen LogP contribution < -0.4 is 0 Å². The highest BCUT2D eigenvalue weighted by Gasteiger charge is 2.32. The molecule has 1 aliphatic carbocycles. The standard InChI is InChI=1S/C15H15NO2/c17-15-13(10-11-6-4-5-7-11)14(16-18-15)12-8-2-1-3-9-12/h1-3,8-10,13H,4-7H2/t13-/m1/s1. The van der Waals surface area contributed by atoms with Crippen LogP contribution in [0, 0.1) is 5.92 Å². The van der Waals surface area contributed by atoms with Gasteiger partial charge in [-0.1, -0.05) is 47.1 Å². The van der Waals surface area contributed by atoms with Gasteiger partial charge in [0.1, 0.15) is 11.6 Å². The van der Waals surface area contributed by atoms with Crippen molar-refractivity contribution in [2.75, 3.05) is 0 Å². The van der Waals surface area contributed by atoms with Gasteiger partial charge in [-0.3, -0.25) is 0 Å². The van der Waals surface area contributed by atoms with Crippen molar-refractivity contribution in [3.63, 3.8) is 0 Å². The van der Waals surface area contributed by atoms with E-state index >= 15 is 0 Å². The molecule has 0 saturated heterocycles. The second kappa shape index (κ2) is 4.77. The fourth-order valence-corrected chi connectivity index (χ4v) is 2.54. The van der Waals surface area contributed by atoms with Crippen molar-refractivity contribution >= 4 is 11.7 Å². The first-order chi connectivity index (χ1) is 8.84. The number of allylic oxidation sites excluding steroid dienone is 1. The molecule has 0 aromatic heterocycles. The number of oxime groups is 1. The molecule has 1 atom stereocenters. The van der Waals surface area contributed by atoms with Gasteiger partial charge < -0.3 is 4.84 Å². The molecule has 0 spiro atoms. The van der Waals surface area contributed by atoms with Gasteiger partial charge in [0.15, 0.2) is 0 Å². The largest absolute Gasteiger partial charge is 0.347 e. The summed E-state index contributed by atoms with van der Waals surface area (Å²) >= 11 is 0. The van der Waals surface area contributed by atoms with Gasteiger partial charge in [0.25, 0.3) is 0 Å². The summed E-state index contributed by atoms with van der Waals surface area (Å²) in [5, 5.41) is 3.93. The molecule has 18 heavy (non-hydrogen) atoms. The van der Waals surface area contributed by atoms with Gasteiger partial charge in [-0.15, -0.1) is 0 Å². The van der Waals surface area contributed by atoms with Gasteiger partial charge in [0.05, 0.1) is 0 Å². The van der Waals surface area contributed by atoms with Crippen LogP contribution in [0.5, 0.6) is 0 Å². The van der Waals surface area contributed by atoms with Crippen molar-refractivity contribution in [1.29, 1.82) is 0 Å². The minimum atomic E-state index is -0.319. The number of carbonyl (C=O) groups is 1. The van der Waals surface area contributed by atoms with Crippen LogP contribution in [0.25, 0.3) is 0 Å². The van der Waals surface area contributed by atoms with Gasteiger partial charge in [-0.25, -0.2) is 4.79 Å². The second-order valence-electron chi connectivity index (χ2n) is 4.76. The molecule has 0 unspecified atom stereocenters. The van der Waals surface area contributed by atoms with Crippen molar-refractivity contribution in [2.45, 2.75) is 25.7 Å². The van der Waals surface area contributed by atoms with E-state index in [-0.39, 0.29) is 11.9 Å². The number of benzene rings is 1. The molecule has 1 aromatic carbocycles. The SMILES string of the molecule is O=C1ON=C(c2ccccc2)[C@H]1C=C1CCCC1. The first-order valence-corrected chi connectivity index (χ1v) is 6.38. The number of rotatable bonds is 2. The summed E-state index contributed by atoms with van der Waals surface area (Å²) in [6, 6.07) is 9.76. The maximum Gasteiger partial charge on any atom is 0.347 e. The monoisotopic (exact) mass is 241 g/mol. The third-order valence-corrected chi connectivity index (χ3v) is 3.50. The molecular weight excluding hydrogens is 226 g/mol. The van der Waals surface area contributed by atoms with Crippen LogP contribution in [0.15, 0.2) is 47.1 Å². The van der Waals surface area contributed by atoms with E-state index in [9.17, 15) is 4.79 Å². The average Bonchev–Trinajstić information content (AvgIpc) is 3.03. The lowest BCUT2D eigenvalue weighted by Gasteiger charge is -2.05. The molecule has 0 bridgehead atoms. The van der Waals surface area contributed by atoms with Crippen LogP contribution in [0.3, 0.4) is 0 Å². The highest BCUT2D eigenvalue weighted by Crippen LogP contribution is 2.28. The normalized spacial score (nSPS) is 22.9. The number of nitrogens with zero attached hydrogens (tertiary/aromatic N) is 1. The fraction of sp³-hybridized carbons (Fsp3) is 0.333. The van der Waals surface area contributed by atoms with Crippen LogP contribution in [0.4, 0.5) is 0 Å². The lowest BCUT2D eigenvalue weighted by molar-refractivity contribution is -0.142. The number of carbonyl (C=O) groups excluding carboxylic acids is 1. The minimum Gasteiger partial charge on any atom is -0.317 e. The maximum atomic E-state index is 11.8. The van der Waals surface area contributed by atoms with E-state index in [1.807, 2.05) is 36.4 Å². The van der Waals surface area contributed by atoms with E-state index in [2.05, 4.69) is 5.16 Å². The quantitative estimate of drug-likeness (QED) is 0.589. The zero-order chi connectivity index (χ0) is 12.4. The fourth-order valence-electron chi connectivity index (χ4n) is 2.54. The molecule has 0 amide bonds. The maximum absolute atomic E-state index is 11.8. The predicted molar refractivity (Wildman–Crippen MR) is 69.1 cm³/mol. The molecule has 3 rings (SSSR count). The summed E-state index contributed by atoms with van der Waals surface area (Å²) in [4.78, 5) is 16.6. The Labute approximate surface area is 106 Å². The van der Waals surface area contributed by atoms with Crippen LogP contribution in [0.2, 0.25) is 0 Å². The van der Waals surface area contributed by atoms with Crippen LogP contribution in [-0.2, 0) is 9.63 Å². The Bertz CT molecular complexity index is 509. The Morgan fingerprint density at radius 3 is 2.61 bits per heavy atom. The molecule has 1 heterocycles. The van der Waals surface area contributed by atoms with Crippen molar-refractivity contribution in [2.24, 2.45) is 11.1 Å². The van der Waals surface area contributed by atoms with Gasteiger partial charge in [0, 0.05) is 5.56 Å². The summed E-state index contributed by atoms with van der Waals surface area (Å²) in [6.07, 6.45) is 6.71. The summed E-state index contributed by atoms with van der Waals surface area (Å²) in [6.45, 7) is 0. The van der Waals surface area contributed by atoms with Crippen LogP contribution >= 0.6 is 0 Å². The Morgan fingerprint density at radius 1 is 1.17 bits per heavy atom. The van der Waals surface area contributed by atoms with Gasteiger partial charge in [0.2, 0.25) is 0 Å². The van der Waals surface area contributed by atoms with E-state index in [1.54, 1.807) is 0 Å². The summed E-state index contributed by atoms with van der Waals surface area (Å²) in [5.41, 5.74) is 3.06. The van der Waals surface area contributed by atoms with E-state index in [0.717, 1.165) is 24.1 Å². The van der Waals surface area contributed by atoms with Crippen molar-refractivity contribution in [3.05, 3.63) is 47.5 Å². The molecule has 1 fully saturated rings. The van der Waals surface area contributed by atoms with Gasteiger partial charge in [-0.2, -0.15) is 0 Å². The highest BCUT2D eigenvalue weighted by molar-refractivity contribution is 6.15.